The number of benzene rings is 1. The zero-order valence-electron chi connectivity index (χ0n) is 11.3. The van der Waals surface area contributed by atoms with Gasteiger partial charge in [-0.3, -0.25) is 0 Å². The van der Waals surface area contributed by atoms with Crippen LogP contribution in [0.1, 0.15) is 5.56 Å². The summed E-state index contributed by atoms with van der Waals surface area (Å²) in [6, 6.07) is 8.97. The van der Waals surface area contributed by atoms with Gasteiger partial charge in [0, 0.05) is 19.0 Å². The highest BCUT2D eigenvalue weighted by Gasteiger charge is 2.50. The Morgan fingerprint density at radius 3 is 2.48 bits per heavy atom. The van der Waals surface area contributed by atoms with Gasteiger partial charge in [0.25, 0.3) is 0 Å². The maximum absolute atomic E-state index is 12.9. The first-order valence-corrected chi connectivity index (χ1v) is 6.64. The Bertz CT molecular complexity index is 479. The third kappa shape index (κ3) is 3.87. The van der Waals surface area contributed by atoms with E-state index >= 15 is 0 Å². The summed E-state index contributed by atoms with van der Waals surface area (Å²) in [6.07, 6.45) is -5.08. The van der Waals surface area contributed by atoms with Gasteiger partial charge in [-0.25, -0.2) is 4.79 Å². The fraction of sp³-hybridized carbons (Fsp3) is 0.500. The number of alkyl halides is 3. The number of ether oxygens (including phenoxy) is 1. The van der Waals surface area contributed by atoms with Crippen molar-refractivity contribution in [3.63, 3.8) is 0 Å². The Morgan fingerprint density at radius 2 is 1.95 bits per heavy atom. The Hall–Kier alpha value is -1.76. The summed E-state index contributed by atoms with van der Waals surface area (Å²) >= 11 is 0. The number of carbonyl (C=O) groups excluding carboxylic acids is 1. The van der Waals surface area contributed by atoms with Crippen LogP contribution in [0.15, 0.2) is 30.3 Å². The van der Waals surface area contributed by atoms with Crippen LogP contribution >= 0.6 is 0 Å². The van der Waals surface area contributed by atoms with E-state index in [0.29, 0.717) is 0 Å². The van der Waals surface area contributed by atoms with Crippen molar-refractivity contribution in [3.05, 3.63) is 35.9 Å². The Morgan fingerprint density at radius 1 is 1.29 bits per heavy atom. The van der Waals surface area contributed by atoms with Crippen LogP contribution in [0.4, 0.5) is 18.0 Å². The quantitative estimate of drug-likeness (QED) is 0.933. The SMILES string of the molecule is NC[C@H]1CN(C(=O)OCc2ccccc2)C[C@@H]1C(F)(F)F. The van der Waals surface area contributed by atoms with E-state index in [-0.39, 0.29) is 26.2 Å². The van der Waals surface area contributed by atoms with Crippen LogP contribution in [-0.4, -0.2) is 36.8 Å². The van der Waals surface area contributed by atoms with Crippen molar-refractivity contribution in [1.82, 2.24) is 4.90 Å². The van der Waals surface area contributed by atoms with Gasteiger partial charge in [-0.2, -0.15) is 13.2 Å². The fourth-order valence-electron chi connectivity index (χ4n) is 2.44. The van der Waals surface area contributed by atoms with Crippen LogP contribution in [0, 0.1) is 11.8 Å². The number of halogens is 3. The molecule has 1 aliphatic rings. The van der Waals surface area contributed by atoms with Crippen molar-refractivity contribution in [3.8, 4) is 0 Å². The van der Waals surface area contributed by atoms with E-state index in [1.165, 1.54) is 0 Å². The number of amides is 1. The van der Waals surface area contributed by atoms with Crippen LogP contribution in [0.3, 0.4) is 0 Å². The van der Waals surface area contributed by atoms with Crippen LogP contribution in [0.2, 0.25) is 0 Å². The van der Waals surface area contributed by atoms with E-state index in [9.17, 15) is 18.0 Å². The molecule has 0 radical (unpaired) electrons. The molecule has 0 aromatic heterocycles. The predicted molar refractivity (Wildman–Crippen MR) is 70.3 cm³/mol. The second-order valence-corrected chi connectivity index (χ2v) is 5.09. The molecule has 1 aromatic rings. The van der Waals surface area contributed by atoms with Crippen LogP contribution in [0.25, 0.3) is 0 Å². The molecule has 2 rings (SSSR count). The molecule has 1 fully saturated rings. The number of hydrogen-bond acceptors (Lipinski definition) is 3. The maximum atomic E-state index is 12.9. The molecule has 2 N–H and O–H groups in total. The molecular formula is C14H17F3N2O2. The molecule has 0 unspecified atom stereocenters. The molecule has 1 aliphatic heterocycles. The van der Waals surface area contributed by atoms with Crippen molar-refractivity contribution in [2.24, 2.45) is 17.6 Å². The highest BCUT2D eigenvalue weighted by atomic mass is 19.4. The zero-order valence-corrected chi connectivity index (χ0v) is 11.3. The number of likely N-dealkylation sites (tertiary alicyclic amines) is 1. The zero-order chi connectivity index (χ0) is 15.5. The fourth-order valence-corrected chi connectivity index (χ4v) is 2.44. The van der Waals surface area contributed by atoms with E-state index in [1.54, 1.807) is 24.3 Å². The van der Waals surface area contributed by atoms with Gasteiger partial charge in [-0.1, -0.05) is 30.3 Å². The minimum absolute atomic E-state index is 0.0195. The first-order chi connectivity index (χ1) is 9.91. The molecule has 21 heavy (non-hydrogen) atoms. The van der Waals surface area contributed by atoms with E-state index in [0.717, 1.165) is 10.5 Å². The summed E-state index contributed by atoms with van der Waals surface area (Å²) in [7, 11) is 0. The van der Waals surface area contributed by atoms with Crippen molar-refractivity contribution < 1.29 is 22.7 Å². The molecule has 0 saturated carbocycles. The van der Waals surface area contributed by atoms with E-state index in [2.05, 4.69) is 0 Å². The number of nitrogens with zero attached hydrogens (tertiary/aromatic N) is 1. The van der Waals surface area contributed by atoms with Gasteiger partial charge < -0.3 is 15.4 Å². The van der Waals surface area contributed by atoms with E-state index in [4.69, 9.17) is 10.5 Å². The predicted octanol–water partition coefficient (Wildman–Crippen LogP) is 2.39. The van der Waals surface area contributed by atoms with Gasteiger partial charge >= 0.3 is 12.3 Å². The van der Waals surface area contributed by atoms with E-state index in [1.807, 2.05) is 6.07 Å². The van der Waals surface area contributed by atoms with Crippen LogP contribution in [-0.2, 0) is 11.3 Å². The van der Waals surface area contributed by atoms with Gasteiger partial charge in [0.2, 0.25) is 0 Å². The lowest BCUT2D eigenvalue weighted by atomic mass is 9.96. The smallest absolute Gasteiger partial charge is 0.410 e. The average molecular weight is 302 g/mol. The number of carbonyl (C=O) groups is 1. The molecule has 116 valence electrons. The molecule has 1 amide bonds. The second-order valence-electron chi connectivity index (χ2n) is 5.09. The van der Waals surface area contributed by atoms with Crippen LogP contribution < -0.4 is 5.73 Å². The van der Waals surface area contributed by atoms with Gasteiger partial charge in [0.1, 0.15) is 6.61 Å². The first-order valence-electron chi connectivity index (χ1n) is 6.64. The largest absolute Gasteiger partial charge is 0.445 e. The lowest BCUT2D eigenvalue weighted by Crippen LogP contribution is -2.33. The summed E-state index contributed by atoms with van der Waals surface area (Å²) in [6.45, 7) is -0.472. The molecule has 1 heterocycles. The number of nitrogens with two attached hydrogens (primary N) is 1. The lowest BCUT2D eigenvalue weighted by Gasteiger charge is -2.19. The maximum Gasteiger partial charge on any atom is 0.410 e. The second kappa shape index (κ2) is 6.34. The van der Waals surface area contributed by atoms with Gasteiger partial charge in [0.15, 0.2) is 0 Å². The topological polar surface area (TPSA) is 55.6 Å². The highest BCUT2D eigenvalue weighted by Crippen LogP contribution is 2.37. The Balaban J connectivity index is 1.92. The monoisotopic (exact) mass is 302 g/mol. The summed E-state index contributed by atoms with van der Waals surface area (Å²) in [4.78, 5) is 12.9. The standard InChI is InChI=1S/C14H17F3N2O2/c15-14(16,17)12-8-19(7-11(12)6-18)13(20)21-9-10-4-2-1-3-5-10/h1-5,11-12H,6-9,18H2/t11-,12-/m0/s1. The Kier molecular flexibility index (Phi) is 4.72. The summed E-state index contributed by atoms with van der Waals surface area (Å²) in [5.41, 5.74) is 6.15. The molecule has 4 nitrogen and oxygen atoms in total. The van der Waals surface area contributed by atoms with Crippen molar-refractivity contribution >= 4 is 6.09 Å². The van der Waals surface area contributed by atoms with Gasteiger partial charge in [-0.05, 0) is 12.1 Å². The van der Waals surface area contributed by atoms with Gasteiger partial charge in [0.05, 0.1) is 5.92 Å². The third-order valence-electron chi connectivity index (χ3n) is 3.63. The lowest BCUT2D eigenvalue weighted by molar-refractivity contribution is -0.179. The molecule has 1 saturated heterocycles. The minimum atomic E-state index is -4.35. The summed E-state index contributed by atoms with van der Waals surface area (Å²) < 4.78 is 43.6. The number of rotatable bonds is 3. The van der Waals surface area contributed by atoms with E-state index < -0.39 is 24.1 Å². The molecule has 2 atom stereocenters. The average Bonchev–Trinajstić information content (AvgIpc) is 2.90. The minimum Gasteiger partial charge on any atom is -0.445 e. The molecular weight excluding hydrogens is 285 g/mol. The summed E-state index contributed by atoms with van der Waals surface area (Å²) in [5, 5.41) is 0. The normalized spacial score (nSPS) is 22.4. The number of hydrogen-bond donors (Lipinski definition) is 1. The summed E-state index contributed by atoms with van der Waals surface area (Å²) in [5.74, 6) is -2.35. The third-order valence-corrected chi connectivity index (χ3v) is 3.63. The highest BCUT2D eigenvalue weighted by molar-refractivity contribution is 5.68. The molecule has 1 aromatic carbocycles. The Labute approximate surface area is 120 Å². The molecule has 0 spiro atoms. The molecule has 0 bridgehead atoms. The van der Waals surface area contributed by atoms with Crippen molar-refractivity contribution in [1.29, 1.82) is 0 Å². The first kappa shape index (κ1) is 15.6. The van der Waals surface area contributed by atoms with Crippen molar-refractivity contribution in [2.45, 2.75) is 12.8 Å². The van der Waals surface area contributed by atoms with Crippen LogP contribution in [0.5, 0.6) is 0 Å². The molecule has 0 aliphatic carbocycles. The molecule has 7 heteroatoms. The van der Waals surface area contributed by atoms with Gasteiger partial charge in [-0.15, -0.1) is 0 Å². The van der Waals surface area contributed by atoms with Crippen molar-refractivity contribution in [2.75, 3.05) is 19.6 Å².